The molecule has 0 spiro atoms. The minimum atomic E-state index is -0.835. The molecule has 2 heterocycles. The molecule has 0 aliphatic heterocycles. The number of aliphatic carboxylic acids is 1. The summed E-state index contributed by atoms with van der Waals surface area (Å²) in [4.78, 5) is 19.9. The summed E-state index contributed by atoms with van der Waals surface area (Å²) in [6.45, 7) is 0. The number of hydrogen-bond donors (Lipinski definition) is 1. The molecule has 0 fully saturated rings. The number of carboxylic acid groups (broad SMARTS) is 1. The lowest BCUT2D eigenvalue weighted by molar-refractivity contribution is -0.137. The van der Waals surface area contributed by atoms with E-state index in [1.165, 1.54) is 17.7 Å². The van der Waals surface area contributed by atoms with Crippen molar-refractivity contribution in [3.63, 3.8) is 0 Å². The SMILES string of the molecule is O=C(O)CC(c1ccncn1)c1cc(Br)cs1. The van der Waals surface area contributed by atoms with E-state index in [0.29, 0.717) is 0 Å². The molecule has 2 rings (SSSR count). The molecule has 2 aromatic heterocycles. The summed E-state index contributed by atoms with van der Waals surface area (Å²) >= 11 is 4.89. The predicted octanol–water partition coefficient (Wildman–Crippen LogP) is 2.91. The fourth-order valence-corrected chi connectivity index (χ4v) is 3.10. The van der Waals surface area contributed by atoms with Gasteiger partial charge in [0.15, 0.2) is 0 Å². The van der Waals surface area contributed by atoms with Crippen LogP contribution in [0.15, 0.2) is 34.5 Å². The quantitative estimate of drug-likeness (QED) is 0.943. The van der Waals surface area contributed by atoms with Crippen LogP contribution in [-0.4, -0.2) is 21.0 Å². The molecule has 0 saturated heterocycles. The molecule has 2 aromatic rings. The molecule has 0 bridgehead atoms. The van der Waals surface area contributed by atoms with Crippen molar-refractivity contribution in [1.82, 2.24) is 9.97 Å². The average molecular weight is 313 g/mol. The van der Waals surface area contributed by atoms with Crippen LogP contribution in [0.25, 0.3) is 0 Å². The van der Waals surface area contributed by atoms with E-state index in [-0.39, 0.29) is 12.3 Å². The van der Waals surface area contributed by atoms with Crippen molar-refractivity contribution in [2.75, 3.05) is 0 Å². The maximum Gasteiger partial charge on any atom is 0.304 e. The second-order valence-corrected chi connectivity index (χ2v) is 5.31. The first-order chi connectivity index (χ1) is 8.16. The van der Waals surface area contributed by atoms with E-state index in [0.717, 1.165) is 15.0 Å². The summed E-state index contributed by atoms with van der Waals surface area (Å²) in [6.07, 6.45) is 3.09. The number of carboxylic acids is 1. The van der Waals surface area contributed by atoms with Gasteiger partial charge in [-0.25, -0.2) is 9.97 Å². The van der Waals surface area contributed by atoms with Gasteiger partial charge in [0.2, 0.25) is 0 Å². The molecule has 88 valence electrons. The van der Waals surface area contributed by atoms with Gasteiger partial charge >= 0.3 is 5.97 Å². The van der Waals surface area contributed by atoms with Crippen LogP contribution in [0.4, 0.5) is 0 Å². The summed E-state index contributed by atoms with van der Waals surface area (Å²) in [5.41, 5.74) is 0.733. The van der Waals surface area contributed by atoms with Crippen molar-refractivity contribution in [1.29, 1.82) is 0 Å². The molecular formula is C11H9BrN2O2S. The number of rotatable bonds is 4. The lowest BCUT2D eigenvalue weighted by Crippen LogP contribution is -2.08. The zero-order chi connectivity index (χ0) is 12.3. The Kier molecular flexibility index (Phi) is 3.86. The Balaban J connectivity index is 2.35. The first-order valence-electron chi connectivity index (χ1n) is 4.88. The van der Waals surface area contributed by atoms with Crippen LogP contribution in [-0.2, 0) is 4.79 Å². The molecule has 1 N–H and O–H groups in total. The van der Waals surface area contributed by atoms with Crippen LogP contribution >= 0.6 is 27.3 Å². The van der Waals surface area contributed by atoms with Crippen LogP contribution in [0.2, 0.25) is 0 Å². The van der Waals surface area contributed by atoms with Crippen molar-refractivity contribution in [3.8, 4) is 0 Å². The fourth-order valence-electron chi connectivity index (χ4n) is 1.54. The van der Waals surface area contributed by atoms with E-state index < -0.39 is 5.97 Å². The molecule has 6 heteroatoms. The Hall–Kier alpha value is -1.27. The zero-order valence-corrected chi connectivity index (χ0v) is 11.1. The normalized spacial score (nSPS) is 12.3. The number of carbonyl (C=O) groups is 1. The monoisotopic (exact) mass is 312 g/mol. The molecule has 0 radical (unpaired) electrons. The van der Waals surface area contributed by atoms with Gasteiger partial charge in [0.25, 0.3) is 0 Å². The lowest BCUT2D eigenvalue weighted by atomic mass is 9.99. The summed E-state index contributed by atoms with van der Waals surface area (Å²) in [7, 11) is 0. The highest BCUT2D eigenvalue weighted by atomic mass is 79.9. The molecular weight excluding hydrogens is 304 g/mol. The second-order valence-electron chi connectivity index (χ2n) is 3.45. The van der Waals surface area contributed by atoms with Crippen molar-refractivity contribution in [2.45, 2.75) is 12.3 Å². The van der Waals surface area contributed by atoms with Gasteiger partial charge in [-0.05, 0) is 28.1 Å². The molecule has 1 atom stereocenters. The standard InChI is InChI=1S/C11H9BrN2O2S/c12-7-3-10(17-5-7)8(4-11(15)16)9-1-2-13-6-14-9/h1-3,5-6,8H,4H2,(H,15,16). The predicted molar refractivity (Wildman–Crippen MR) is 68.1 cm³/mol. The van der Waals surface area contributed by atoms with E-state index in [2.05, 4.69) is 25.9 Å². The van der Waals surface area contributed by atoms with Gasteiger partial charge in [-0.1, -0.05) is 0 Å². The Bertz CT molecular complexity index is 515. The van der Waals surface area contributed by atoms with E-state index in [4.69, 9.17) is 5.11 Å². The van der Waals surface area contributed by atoms with Crippen LogP contribution in [0.1, 0.15) is 22.9 Å². The van der Waals surface area contributed by atoms with Gasteiger partial charge in [0.1, 0.15) is 6.33 Å². The summed E-state index contributed by atoms with van der Waals surface area (Å²) < 4.78 is 0.960. The molecule has 0 aliphatic carbocycles. The second kappa shape index (κ2) is 5.37. The molecule has 0 amide bonds. The summed E-state index contributed by atoms with van der Waals surface area (Å²) in [6, 6.07) is 3.68. The Morgan fingerprint density at radius 1 is 1.59 bits per heavy atom. The summed E-state index contributed by atoms with van der Waals surface area (Å²) in [5, 5.41) is 10.9. The first kappa shape index (κ1) is 12.2. The Morgan fingerprint density at radius 2 is 2.41 bits per heavy atom. The van der Waals surface area contributed by atoms with Gasteiger partial charge in [0, 0.05) is 26.8 Å². The zero-order valence-electron chi connectivity index (χ0n) is 8.71. The van der Waals surface area contributed by atoms with Crippen LogP contribution < -0.4 is 0 Å². The molecule has 0 aromatic carbocycles. The van der Waals surface area contributed by atoms with Crippen molar-refractivity contribution < 1.29 is 9.90 Å². The molecule has 0 saturated carbocycles. The molecule has 1 unspecified atom stereocenters. The smallest absolute Gasteiger partial charge is 0.304 e. The third-order valence-corrected chi connectivity index (χ3v) is 4.08. The average Bonchev–Trinajstić information content (AvgIpc) is 2.73. The van der Waals surface area contributed by atoms with Gasteiger partial charge in [-0.3, -0.25) is 4.79 Å². The van der Waals surface area contributed by atoms with Crippen molar-refractivity contribution in [2.24, 2.45) is 0 Å². The minimum Gasteiger partial charge on any atom is -0.481 e. The molecule has 17 heavy (non-hydrogen) atoms. The maximum absolute atomic E-state index is 10.9. The van der Waals surface area contributed by atoms with E-state index in [1.807, 2.05) is 11.4 Å². The van der Waals surface area contributed by atoms with Crippen LogP contribution in [0, 0.1) is 0 Å². The number of halogens is 1. The van der Waals surface area contributed by atoms with Gasteiger partial charge < -0.3 is 5.11 Å². The number of hydrogen-bond acceptors (Lipinski definition) is 4. The van der Waals surface area contributed by atoms with Crippen molar-refractivity contribution >= 4 is 33.2 Å². The maximum atomic E-state index is 10.9. The third kappa shape index (κ3) is 3.10. The fraction of sp³-hybridized carbons (Fsp3) is 0.182. The number of aromatic nitrogens is 2. The summed E-state index contributed by atoms with van der Waals surface area (Å²) in [5.74, 6) is -1.05. The Morgan fingerprint density at radius 3 is 2.94 bits per heavy atom. The van der Waals surface area contributed by atoms with E-state index in [1.54, 1.807) is 12.3 Å². The Labute approximate surface area is 110 Å². The largest absolute Gasteiger partial charge is 0.481 e. The van der Waals surface area contributed by atoms with Crippen LogP contribution in [0.5, 0.6) is 0 Å². The number of nitrogens with zero attached hydrogens (tertiary/aromatic N) is 2. The van der Waals surface area contributed by atoms with Crippen LogP contribution in [0.3, 0.4) is 0 Å². The third-order valence-electron chi connectivity index (χ3n) is 2.27. The lowest BCUT2D eigenvalue weighted by Gasteiger charge is -2.11. The molecule has 0 aliphatic rings. The highest BCUT2D eigenvalue weighted by Crippen LogP contribution is 2.33. The highest BCUT2D eigenvalue weighted by Gasteiger charge is 2.20. The van der Waals surface area contributed by atoms with E-state index in [9.17, 15) is 4.79 Å². The van der Waals surface area contributed by atoms with Gasteiger partial charge in [-0.15, -0.1) is 11.3 Å². The van der Waals surface area contributed by atoms with Crippen molar-refractivity contribution in [3.05, 3.63) is 45.1 Å². The molecule has 4 nitrogen and oxygen atoms in total. The van der Waals surface area contributed by atoms with E-state index >= 15 is 0 Å². The highest BCUT2D eigenvalue weighted by molar-refractivity contribution is 9.10. The topological polar surface area (TPSA) is 63.1 Å². The van der Waals surface area contributed by atoms with Gasteiger partial charge in [-0.2, -0.15) is 0 Å². The first-order valence-corrected chi connectivity index (χ1v) is 6.55. The minimum absolute atomic E-state index is 0.0317. The number of thiophene rings is 1. The van der Waals surface area contributed by atoms with Gasteiger partial charge in [0.05, 0.1) is 12.1 Å².